The van der Waals surface area contributed by atoms with E-state index in [0.29, 0.717) is 23.6 Å². The van der Waals surface area contributed by atoms with E-state index in [1.807, 2.05) is 43.5 Å². The summed E-state index contributed by atoms with van der Waals surface area (Å²) in [5.41, 5.74) is 4.63. The van der Waals surface area contributed by atoms with E-state index in [2.05, 4.69) is 11.4 Å². The Morgan fingerprint density at radius 1 is 1.11 bits per heavy atom. The lowest BCUT2D eigenvalue weighted by Crippen LogP contribution is -2.36. The lowest BCUT2D eigenvalue weighted by Gasteiger charge is -2.12. The van der Waals surface area contributed by atoms with E-state index in [4.69, 9.17) is 10.00 Å². The molecule has 1 aromatic heterocycles. The van der Waals surface area contributed by atoms with Gasteiger partial charge in [-0.3, -0.25) is 19.3 Å². The third-order valence-corrected chi connectivity index (χ3v) is 6.54. The summed E-state index contributed by atoms with van der Waals surface area (Å²) >= 11 is 0.814. The Balaban J connectivity index is 1.48. The first-order valence-electron chi connectivity index (χ1n) is 11.3. The van der Waals surface area contributed by atoms with Crippen molar-refractivity contribution >= 4 is 40.6 Å². The summed E-state index contributed by atoms with van der Waals surface area (Å²) in [5.74, 6) is -0.290. The number of ether oxygens (including phenoxy) is 1. The minimum atomic E-state index is -0.505. The van der Waals surface area contributed by atoms with Crippen molar-refractivity contribution in [2.75, 3.05) is 18.5 Å². The highest BCUT2D eigenvalue weighted by Gasteiger charge is 2.36. The van der Waals surface area contributed by atoms with E-state index in [9.17, 15) is 14.4 Å². The van der Waals surface area contributed by atoms with Gasteiger partial charge in [0.15, 0.2) is 0 Å². The molecule has 1 fully saturated rings. The van der Waals surface area contributed by atoms with Crippen molar-refractivity contribution < 1.29 is 19.1 Å². The van der Waals surface area contributed by atoms with Crippen LogP contribution in [0.1, 0.15) is 29.4 Å². The van der Waals surface area contributed by atoms with Crippen molar-refractivity contribution in [2.24, 2.45) is 0 Å². The number of aromatic nitrogens is 1. The Labute approximate surface area is 213 Å². The van der Waals surface area contributed by atoms with E-state index in [0.717, 1.165) is 39.3 Å². The summed E-state index contributed by atoms with van der Waals surface area (Å²) in [5, 5.41) is 11.2. The molecule has 1 saturated heterocycles. The molecular formula is C27H24N4O4S. The van der Waals surface area contributed by atoms with Gasteiger partial charge in [0.2, 0.25) is 5.91 Å². The van der Waals surface area contributed by atoms with Crippen molar-refractivity contribution in [3.63, 3.8) is 0 Å². The average Bonchev–Trinajstić information content (AvgIpc) is 3.29. The molecule has 182 valence electrons. The molecule has 0 atom stereocenters. The minimum Gasteiger partial charge on any atom is -0.494 e. The van der Waals surface area contributed by atoms with Crippen molar-refractivity contribution in [3.05, 3.63) is 82.0 Å². The maximum Gasteiger partial charge on any atom is 0.294 e. The van der Waals surface area contributed by atoms with E-state index in [1.165, 1.54) is 0 Å². The summed E-state index contributed by atoms with van der Waals surface area (Å²) in [6.07, 6.45) is 1.68. The highest BCUT2D eigenvalue weighted by atomic mass is 32.2. The fourth-order valence-electron chi connectivity index (χ4n) is 3.94. The zero-order valence-corrected chi connectivity index (χ0v) is 20.9. The van der Waals surface area contributed by atoms with Gasteiger partial charge < -0.3 is 14.6 Å². The normalized spacial score (nSPS) is 14.3. The third-order valence-electron chi connectivity index (χ3n) is 5.64. The van der Waals surface area contributed by atoms with Gasteiger partial charge in [-0.05, 0) is 98.8 Å². The quantitative estimate of drug-likeness (QED) is 0.456. The Morgan fingerprint density at radius 3 is 2.44 bits per heavy atom. The van der Waals surface area contributed by atoms with Gasteiger partial charge in [0.1, 0.15) is 12.3 Å². The van der Waals surface area contributed by atoms with Crippen LogP contribution in [0.25, 0.3) is 11.8 Å². The van der Waals surface area contributed by atoms with Crippen molar-refractivity contribution in [2.45, 2.75) is 20.8 Å². The maximum atomic E-state index is 13.0. The van der Waals surface area contributed by atoms with Crippen LogP contribution in [0, 0.1) is 25.2 Å². The fraction of sp³-hybridized carbons (Fsp3) is 0.185. The third kappa shape index (κ3) is 5.19. The smallest absolute Gasteiger partial charge is 0.294 e. The predicted molar refractivity (Wildman–Crippen MR) is 139 cm³/mol. The van der Waals surface area contributed by atoms with Gasteiger partial charge in [-0.15, -0.1) is 0 Å². The molecule has 3 aromatic rings. The second-order valence-corrected chi connectivity index (χ2v) is 9.09. The number of nitrogens with zero attached hydrogens (tertiary/aromatic N) is 3. The highest BCUT2D eigenvalue weighted by Crippen LogP contribution is 2.33. The lowest BCUT2D eigenvalue weighted by molar-refractivity contribution is -0.127. The number of nitrogens with one attached hydrogen (secondary N) is 1. The summed E-state index contributed by atoms with van der Waals surface area (Å²) < 4.78 is 7.40. The molecule has 1 N–H and O–H groups in total. The number of carbonyl (C=O) groups is 3. The number of thioether (sulfide) groups is 1. The number of nitriles is 1. The second-order valence-electron chi connectivity index (χ2n) is 8.09. The minimum absolute atomic E-state index is 0.258. The first-order valence-corrected chi connectivity index (χ1v) is 12.1. The molecule has 1 aliphatic rings. The van der Waals surface area contributed by atoms with Crippen molar-refractivity contribution in [3.8, 4) is 17.5 Å². The van der Waals surface area contributed by atoms with Gasteiger partial charge >= 0.3 is 0 Å². The molecule has 2 aromatic carbocycles. The molecule has 0 bridgehead atoms. The number of hydrogen-bond acceptors (Lipinski definition) is 6. The van der Waals surface area contributed by atoms with Crippen LogP contribution in [0.2, 0.25) is 0 Å². The van der Waals surface area contributed by atoms with Crippen LogP contribution in [0.15, 0.2) is 59.5 Å². The van der Waals surface area contributed by atoms with Gasteiger partial charge in [0, 0.05) is 22.8 Å². The largest absolute Gasteiger partial charge is 0.494 e. The Kier molecular flexibility index (Phi) is 7.27. The first kappa shape index (κ1) is 24.8. The van der Waals surface area contributed by atoms with Crippen molar-refractivity contribution in [1.82, 2.24) is 9.47 Å². The Morgan fingerprint density at radius 2 is 1.81 bits per heavy atom. The van der Waals surface area contributed by atoms with Gasteiger partial charge in [0.25, 0.3) is 11.1 Å². The number of aryl methyl sites for hydroxylation is 1. The van der Waals surface area contributed by atoms with Crippen LogP contribution >= 0.6 is 11.8 Å². The van der Waals surface area contributed by atoms with Crippen LogP contribution in [-0.2, 0) is 9.59 Å². The zero-order valence-electron chi connectivity index (χ0n) is 20.1. The first-order chi connectivity index (χ1) is 17.3. The number of anilines is 1. The molecule has 2 heterocycles. The standard InChI is InChI=1S/C27H24N4O4S/c1-4-35-23-11-7-21(8-12-23)29-25(32)16-30-26(33)24(36-27(30)34)14-20-13-17(2)31(18(20)3)22-9-5-19(15-28)6-10-22/h5-14H,4,16H2,1-3H3,(H,29,32)/b24-14+. The van der Waals surface area contributed by atoms with Crippen molar-refractivity contribution in [1.29, 1.82) is 5.26 Å². The maximum absolute atomic E-state index is 13.0. The van der Waals surface area contributed by atoms with Crippen LogP contribution in [0.4, 0.5) is 10.5 Å². The molecule has 3 amide bonds. The number of carbonyl (C=O) groups excluding carboxylic acids is 3. The van der Waals surface area contributed by atoms with Gasteiger partial charge in [0.05, 0.1) is 23.1 Å². The molecule has 36 heavy (non-hydrogen) atoms. The van der Waals surface area contributed by atoms with E-state index >= 15 is 0 Å². The molecule has 4 rings (SSSR count). The molecule has 0 radical (unpaired) electrons. The topological polar surface area (TPSA) is 104 Å². The molecule has 0 aliphatic carbocycles. The number of amides is 3. The SMILES string of the molecule is CCOc1ccc(NC(=O)CN2C(=O)S/C(=C/c3cc(C)n(-c4ccc(C#N)cc4)c3C)C2=O)cc1. The van der Waals surface area contributed by atoms with Gasteiger partial charge in [-0.2, -0.15) is 5.26 Å². The molecule has 9 heteroatoms. The number of imide groups is 1. The molecule has 8 nitrogen and oxygen atoms in total. The molecule has 0 spiro atoms. The summed E-state index contributed by atoms with van der Waals surface area (Å²) in [4.78, 5) is 39.2. The zero-order chi connectivity index (χ0) is 25.8. The van der Waals surface area contributed by atoms with Gasteiger partial charge in [-0.25, -0.2) is 0 Å². The number of benzene rings is 2. The molecule has 1 aliphatic heterocycles. The van der Waals surface area contributed by atoms with Crippen LogP contribution in [-0.4, -0.2) is 39.7 Å². The Hall–Kier alpha value is -4.29. The summed E-state index contributed by atoms with van der Waals surface area (Å²) in [6.45, 7) is 5.91. The Bertz CT molecular complexity index is 1400. The van der Waals surface area contributed by atoms with Crippen LogP contribution < -0.4 is 10.1 Å². The monoisotopic (exact) mass is 500 g/mol. The van der Waals surface area contributed by atoms with Gasteiger partial charge in [-0.1, -0.05) is 0 Å². The van der Waals surface area contributed by atoms with Crippen LogP contribution in [0.3, 0.4) is 0 Å². The fourth-order valence-corrected chi connectivity index (χ4v) is 4.77. The summed E-state index contributed by atoms with van der Waals surface area (Å²) in [6, 6.07) is 18.1. The summed E-state index contributed by atoms with van der Waals surface area (Å²) in [7, 11) is 0. The predicted octanol–water partition coefficient (Wildman–Crippen LogP) is 5.04. The highest BCUT2D eigenvalue weighted by molar-refractivity contribution is 8.18. The average molecular weight is 501 g/mol. The molecule has 0 saturated carbocycles. The van der Waals surface area contributed by atoms with E-state index < -0.39 is 17.1 Å². The second kappa shape index (κ2) is 10.5. The lowest BCUT2D eigenvalue weighted by atomic mass is 10.2. The van der Waals surface area contributed by atoms with E-state index in [1.54, 1.807) is 42.5 Å². The number of hydrogen-bond donors (Lipinski definition) is 1. The van der Waals surface area contributed by atoms with E-state index in [-0.39, 0.29) is 11.4 Å². The number of rotatable bonds is 7. The molecule has 0 unspecified atom stereocenters. The molecular weight excluding hydrogens is 476 g/mol. The van der Waals surface area contributed by atoms with Crippen LogP contribution in [0.5, 0.6) is 5.75 Å².